The number of carbonyl (C=O) groups excluding carboxylic acids is 2. The fraction of sp³-hybridized carbons (Fsp3) is 0.444. The van der Waals surface area contributed by atoms with Gasteiger partial charge in [-0.1, -0.05) is 0 Å². The molecule has 0 saturated carbocycles. The Morgan fingerprint density at radius 2 is 2.08 bits per heavy atom. The van der Waals surface area contributed by atoms with Crippen molar-refractivity contribution in [2.75, 3.05) is 26.8 Å². The van der Waals surface area contributed by atoms with Crippen LogP contribution in [0, 0.1) is 0 Å². The van der Waals surface area contributed by atoms with Crippen LogP contribution in [0.2, 0.25) is 0 Å². The summed E-state index contributed by atoms with van der Waals surface area (Å²) in [7, 11) is 1.31. The summed E-state index contributed by atoms with van der Waals surface area (Å²) in [5, 5.41) is 7.23. The van der Waals surface area contributed by atoms with Crippen molar-refractivity contribution in [2.24, 2.45) is 0 Å². The molecule has 0 aliphatic carbocycles. The topological polar surface area (TPSA) is 97.4 Å². The van der Waals surface area contributed by atoms with Crippen LogP contribution in [0.3, 0.4) is 0 Å². The number of hydrogen-bond donors (Lipinski definition) is 1. The van der Waals surface area contributed by atoms with Crippen LogP contribution in [0.15, 0.2) is 24.5 Å². The normalized spacial score (nSPS) is 18.4. The number of piperidine rings is 1. The van der Waals surface area contributed by atoms with Crippen molar-refractivity contribution in [1.29, 1.82) is 0 Å². The standard InChI is InChI=1S/C18H20N4O4/c1-25-17(24)13-2-3-14(19-10-13)16(23)22-7-5-18(6-8-22)15-12(4-9-26-18)11-20-21-15/h2-3,10-11H,4-9H2,1H3,(H,20,21). The molecule has 136 valence electrons. The third-order valence-electron chi connectivity index (χ3n) is 5.19. The van der Waals surface area contributed by atoms with Gasteiger partial charge >= 0.3 is 5.97 Å². The zero-order chi connectivity index (χ0) is 18.1. The van der Waals surface area contributed by atoms with Gasteiger partial charge < -0.3 is 14.4 Å². The summed E-state index contributed by atoms with van der Waals surface area (Å²) in [6, 6.07) is 3.11. The van der Waals surface area contributed by atoms with Crippen molar-refractivity contribution in [2.45, 2.75) is 24.9 Å². The number of rotatable bonds is 2. The van der Waals surface area contributed by atoms with Gasteiger partial charge in [-0.25, -0.2) is 4.79 Å². The van der Waals surface area contributed by atoms with Crippen LogP contribution < -0.4 is 0 Å². The predicted molar refractivity (Wildman–Crippen MR) is 90.6 cm³/mol. The highest BCUT2D eigenvalue weighted by molar-refractivity contribution is 5.94. The number of nitrogens with zero attached hydrogens (tertiary/aromatic N) is 3. The molecule has 4 heterocycles. The number of H-pyrrole nitrogens is 1. The lowest BCUT2D eigenvalue weighted by atomic mass is 9.83. The molecule has 2 aromatic rings. The van der Waals surface area contributed by atoms with Gasteiger partial charge in [0.25, 0.3) is 5.91 Å². The number of likely N-dealkylation sites (tertiary alicyclic amines) is 1. The lowest BCUT2D eigenvalue weighted by Gasteiger charge is -2.43. The Bertz CT molecular complexity index is 822. The first kappa shape index (κ1) is 16.7. The van der Waals surface area contributed by atoms with Crippen molar-refractivity contribution >= 4 is 11.9 Å². The van der Waals surface area contributed by atoms with E-state index in [4.69, 9.17) is 4.74 Å². The minimum Gasteiger partial charge on any atom is -0.465 e. The third-order valence-corrected chi connectivity index (χ3v) is 5.19. The van der Waals surface area contributed by atoms with E-state index < -0.39 is 5.97 Å². The van der Waals surface area contributed by atoms with E-state index in [1.165, 1.54) is 18.9 Å². The summed E-state index contributed by atoms with van der Waals surface area (Å²) < 4.78 is 10.7. The molecule has 0 radical (unpaired) electrons. The number of ether oxygens (including phenoxy) is 2. The van der Waals surface area contributed by atoms with E-state index in [1.54, 1.807) is 17.0 Å². The van der Waals surface area contributed by atoms with Crippen molar-refractivity contribution in [3.63, 3.8) is 0 Å². The van der Waals surface area contributed by atoms with Crippen molar-refractivity contribution < 1.29 is 19.1 Å². The number of aromatic nitrogens is 3. The predicted octanol–water partition coefficient (Wildman–Crippen LogP) is 1.30. The number of fused-ring (bicyclic) bond motifs is 2. The van der Waals surface area contributed by atoms with Gasteiger partial charge in [-0.15, -0.1) is 0 Å². The van der Waals surface area contributed by atoms with Crippen molar-refractivity contribution in [1.82, 2.24) is 20.1 Å². The van der Waals surface area contributed by atoms with Crippen LogP contribution in [0.4, 0.5) is 0 Å². The number of esters is 1. The number of hydrogen-bond acceptors (Lipinski definition) is 6. The first-order chi connectivity index (χ1) is 12.6. The molecule has 8 heteroatoms. The molecule has 1 N–H and O–H groups in total. The molecule has 1 spiro atoms. The van der Waals surface area contributed by atoms with Crippen LogP contribution >= 0.6 is 0 Å². The Hall–Kier alpha value is -2.74. The average molecular weight is 356 g/mol. The second-order valence-electron chi connectivity index (χ2n) is 6.58. The van der Waals surface area contributed by atoms with Crippen LogP contribution in [0.5, 0.6) is 0 Å². The van der Waals surface area contributed by atoms with Crippen molar-refractivity contribution in [3.05, 3.63) is 47.0 Å². The van der Waals surface area contributed by atoms with Crippen LogP contribution in [0.25, 0.3) is 0 Å². The Morgan fingerprint density at radius 1 is 1.27 bits per heavy atom. The van der Waals surface area contributed by atoms with Gasteiger partial charge in [-0.05, 0) is 37.0 Å². The fourth-order valence-electron chi connectivity index (χ4n) is 3.71. The Kier molecular flexibility index (Phi) is 4.20. The molecule has 0 unspecified atom stereocenters. The van der Waals surface area contributed by atoms with E-state index in [1.807, 2.05) is 6.20 Å². The van der Waals surface area contributed by atoms with Gasteiger partial charge in [0.1, 0.15) is 11.3 Å². The van der Waals surface area contributed by atoms with Gasteiger partial charge in [0, 0.05) is 19.3 Å². The highest BCUT2D eigenvalue weighted by Gasteiger charge is 2.43. The zero-order valence-corrected chi connectivity index (χ0v) is 14.5. The third kappa shape index (κ3) is 2.76. The second kappa shape index (κ2) is 6.53. The molecule has 4 rings (SSSR count). The summed E-state index contributed by atoms with van der Waals surface area (Å²) in [4.78, 5) is 30.1. The van der Waals surface area contributed by atoms with Gasteiger partial charge in [0.05, 0.1) is 31.2 Å². The first-order valence-corrected chi connectivity index (χ1v) is 8.63. The first-order valence-electron chi connectivity index (χ1n) is 8.63. The minimum atomic E-state index is -0.471. The lowest BCUT2D eigenvalue weighted by molar-refractivity contribution is -0.0962. The van der Waals surface area contributed by atoms with Gasteiger partial charge in [0.2, 0.25) is 0 Å². The van der Waals surface area contributed by atoms with Gasteiger partial charge in [0.15, 0.2) is 0 Å². The molecule has 0 bridgehead atoms. The van der Waals surface area contributed by atoms with E-state index in [9.17, 15) is 9.59 Å². The fourth-order valence-corrected chi connectivity index (χ4v) is 3.71. The van der Waals surface area contributed by atoms with E-state index in [0.717, 1.165) is 12.1 Å². The molecule has 1 saturated heterocycles. The zero-order valence-electron chi connectivity index (χ0n) is 14.5. The molecule has 26 heavy (non-hydrogen) atoms. The number of nitrogens with one attached hydrogen (secondary N) is 1. The SMILES string of the molecule is COC(=O)c1ccc(C(=O)N2CCC3(CC2)OCCc2cn[nH]c23)nc1. The van der Waals surface area contributed by atoms with E-state index in [0.29, 0.717) is 43.8 Å². The maximum absolute atomic E-state index is 12.7. The highest BCUT2D eigenvalue weighted by atomic mass is 16.5. The van der Waals surface area contributed by atoms with Gasteiger partial charge in [-0.2, -0.15) is 5.10 Å². The minimum absolute atomic E-state index is 0.142. The number of methoxy groups -OCH3 is 1. The molecule has 1 amide bonds. The van der Waals surface area contributed by atoms with Crippen molar-refractivity contribution in [3.8, 4) is 0 Å². The molecule has 0 aromatic carbocycles. The maximum Gasteiger partial charge on any atom is 0.339 e. The molecular weight excluding hydrogens is 336 g/mol. The van der Waals surface area contributed by atoms with E-state index in [-0.39, 0.29) is 11.5 Å². The number of pyridine rings is 1. The largest absolute Gasteiger partial charge is 0.465 e. The van der Waals surface area contributed by atoms with E-state index >= 15 is 0 Å². The summed E-state index contributed by atoms with van der Waals surface area (Å²) in [6.45, 7) is 1.84. The molecule has 1 fully saturated rings. The molecule has 2 aromatic heterocycles. The highest BCUT2D eigenvalue weighted by Crippen LogP contribution is 2.40. The van der Waals surface area contributed by atoms with Crippen LogP contribution in [0.1, 0.15) is 44.9 Å². The Balaban J connectivity index is 1.45. The summed E-state index contributed by atoms with van der Waals surface area (Å²) in [5.41, 5.74) is 2.53. The molecule has 2 aliphatic heterocycles. The summed E-state index contributed by atoms with van der Waals surface area (Å²) in [5.74, 6) is -0.613. The van der Waals surface area contributed by atoms with Gasteiger partial charge in [-0.3, -0.25) is 14.9 Å². The van der Waals surface area contributed by atoms with Crippen LogP contribution in [-0.2, 0) is 21.5 Å². The van der Waals surface area contributed by atoms with Crippen LogP contribution in [-0.4, -0.2) is 58.8 Å². The Morgan fingerprint density at radius 3 is 2.77 bits per heavy atom. The monoisotopic (exact) mass is 356 g/mol. The average Bonchev–Trinajstić information content (AvgIpc) is 3.18. The smallest absolute Gasteiger partial charge is 0.339 e. The summed E-state index contributed by atoms with van der Waals surface area (Å²) in [6.07, 6.45) is 5.53. The molecule has 8 nitrogen and oxygen atoms in total. The molecular formula is C18H20N4O4. The Labute approximate surface area is 150 Å². The lowest BCUT2D eigenvalue weighted by Crippen LogP contribution is -2.48. The molecule has 0 atom stereocenters. The summed E-state index contributed by atoms with van der Waals surface area (Å²) >= 11 is 0. The number of aromatic amines is 1. The number of amides is 1. The number of carbonyl (C=O) groups is 2. The molecule has 2 aliphatic rings. The van der Waals surface area contributed by atoms with E-state index in [2.05, 4.69) is 19.9 Å². The second-order valence-corrected chi connectivity index (χ2v) is 6.58. The quantitative estimate of drug-likeness (QED) is 0.815. The maximum atomic E-state index is 12.7.